The van der Waals surface area contributed by atoms with Gasteiger partial charge in [0, 0.05) is 5.41 Å². The van der Waals surface area contributed by atoms with Gasteiger partial charge in [0.1, 0.15) is 13.6 Å². The minimum absolute atomic E-state index is 0.110. The minimum Gasteiger partial charge on any atom is -0.462 e. The first-order valence-corrected chi connectivity index (χ1v) is 6.97. The van der Waals surface area contributed by atoms with E-state index >= 15 is 0 Å². The van der Waals surface area contributed by atoms with Crippen molar-refractivity contribution >= 4 is 39.9 Å². The van der Waals surface area contributed by atoms with E-state index in [9.17, 15) is 9.90 Å². The van der Waals surface area contributed by atoms with Gasteiger partial charge in [-0.25, -0.2) is 9.78 Å². The molecule has 1 heterocycles. The molecule has 2 rings (SSSR count). The van der Waals surface area contributed by atoms with Crippen molar-refractivity contribution in [1.82, 2.24) is 4.98 Å². The lowest BCUT2D eigenvalue weighted by molar-refractivity contribution is 0.0530. The highest BCUT2D eigenvalue weighted by molar-refractivity contribution is 14.1. The van der Waals surface area contributed by atoms with Crippen molar-refractivity contribution in [3.8, 4) is 0 Å². The Morgan fingerprint density at radius 1 is 1.69 bits per heavy atom. The molecule has 0 amide bonds. The van der Waals surface area contributed by atoms with E-state index in [0.717, 1.165) is 17.8 Å². The lowest BCUT2D eigenvalue weighted by Gasteiger charge is -2.05. The molecular formula is C10H12INO3S. The van der Waals surface area contributed by atoms with Crippen LogP contribution in [-0.2, 0) is 10.2 Å². The van der Waals surface area contributed by atoms with Crippen molar-refractivity contribution in [3.63, 3.8) is 0 Å². The van der Waals surface area contributed by atoms with E-state index in [0.29, 0.717) is 15.2 Å². The second kappa shape index (κ2) is 4.58. The van der Waals surface area contributed by atoms with E-state index in [1.165, 1.54) is 11.3 Å². The predicted molar refractivity (Wildman–Crippen MR) is 68.8 cm³/mol. The van der Waals surface area contributed by atoms with Gasteiger partial charge >= 0.3 is 5.97 Å². The van der Waals surface area contributed by atoms with Crippen LogP contribution in [-0.4, -0.2) is 29.3 Å². The first-order chi connectivity index (χ1) is 7.63. The fraction of sp³-hybridized carbons (Fsp3) is 0.600. The van der Waals surface area contributed by atoms with Crippen LogP contribution in [0.1, 0.15) is 34.4 Å². The van der Waals surface area contributed by atoms with Gasteiger partial charge < -0.3 is 9.84 Å². The number of aliphatic hydroxyl groups excluding tert-OH is 1. The summed E-state index contributed by atoms with van der Waals surface area (Å²) >= 11 is 3.39. The van der Waals surface area contributed by atoms with Crippen LogP contribution in [0.3, 0.4) is 0 Å². The van der Waals surface area contributed by atoms with E-state index in [2.05, 4.69) is 4.98 Å². The Bertz CT molecular complexity index is 414. The van der Waals surface area contributed by atoms with Gasteiger partial charge in [-0.2, -0.15) is 0 Å². The number of carbonyl (C=O) groups excluding carboxylic acids is 1. The topological polar surface area (TPSA) is 59.4 Å². The summed E-state index contributed by atoms with van der Waals surface area (Å²) < 4.78 is 5.63. The first kappa shape index (κ1) is 12.3. The van der Waals surface area contributed by atoms with Gasteiger partial charge in [-0.3, -0.25) is 0 Å². The Hall–Kier alpha value is -0.210. The number of aromatic nitrogens is 1. The van der Waals surface area contributed by atoms with Gasteiger partial charge in [-0.15, -0.1) is 11.3 Å². The zero-order chi connectivity index (χ0) is 11.8. The molecule has 1 N–H and O–H groups in total. The van der Waals surface area contributed by atoms with Gasteiger partial charge in [-0.05, 0) is 42.4 Å². The van der Waals surface area contributed by atoms with Crippen molar-refractivity contribution in [1.29, 1.82) is 0 Å². The molecule has 0 atom stereocenters. The number of hydrogen-bond acceptors (Lipinski definition) is 5. The Balaban J connectivity index is 2.25. The average Bonchev–Trinajstić information content (AvgIpc) is 2.97. The summed E-state index contributed by atoms with van der Waals surface area (Å²) in [6.07, 6.45) is 1.91. The summed E-state index contributed by atoms with van der Waals surface area (Å²) in [5.74, 6) is -0.315. The fourth-order valence-corrected chi connectivity index (χ4v) is 3.48. The van der Waals surface area contributed by atoms with Crippen LogP contribution in [0, 0.1) is 3.70 Å². The van der Waals surface area contributed by atoms with Crippen molar-refractivity contribution in [2.45, 2.75) is 25.2 Å². The maximum atomic E-state index is 11.6. The molecule has 0 spiro atoms. The van der Waals surface area contributed by atoms with Crippen molar-refractivity contribution < 1.29 is 14.6 Å². The normalized spacial score (nSPS) is 17.2. The number of halogens is 1. The molecule has 88 valence electrons. The predicted octanol–water partition coefficient (Wildman–Crippen LogP) is 1.95. The standard InChI is InChI=1S/C10H12INO3S/c1-2-15-8(14)6-7(11)12-9(16-6)10(5-13)3-4-10/h13H,2-5H2,1H3. The summed E-state index contributed by atoms with van der Waals surface area (Å²) in [6.45, 7) is 2.26. The zero-order valence-electron chi connectivity index (χ0n) is 8.83. The number of hydrogen-bond donors (Lipinski definition) is 1. The molecule has 1 aromatic heterocycles. The Morgan fingerprint density at radius 2 is 2.38 bits per heavy atom. The first-order valence-electron chi connectivity index (χ1n) is 5.08. The highest BCUT2D eigenvalue weighted by atomic mass is 127. The maximum Gasteiger partial charge on any atom is 0.351 e. The summed E-state index contributed by atoms with van der Waals surface area (Å²) in [6, 6.07) is 0. The number of aliphatic hydroxyl groups is 1. The number of esters is 1. The smallest absolute Gasteiger partial charge is 0.351 e. The molecular weight excluding hydrogens is 341 g/mol. The molecule has 0 saturated heterocycles. The monoisotopic (exact) mass is 353 g/mol. The van der Waals surface area contributed by atoms with Crippen LogP contribution >= 0.6 is 33.9 Å². The summed E-state index contributed by atoms with van der Waals surface area (Å²) in [5, 5.41) is 10.2. The Morgan fingerprint density at radius 3 is 2.88 bits per heavy atom. The van der Waals surface area contributed by atoms with Crippen LogP contribution < -0.4 is 0 Å². The molecule has 0 bridgehead atoms. The Kier molecular flexibility index (Phi) is 3.50. The van der Waals surface area contributed by atoms with Gasteiger partial charge in [0.2, 0.25) is 0 Å². The summed E-state index contributed by atoms with van der Waals surface area (Å²) in [4.78, 5) is 16.5. The van der Waals surface area contributed by atoms with Crippen LogP contribution in [0.15, 0.2) is 0 Å². The molecule has 1 fully saturated rings. The quantitative estimate of drug-likeness (QED) is 0.664. The molecule has 0 aliphatic heterocycles. The van der Waals surface area contributed by atoms with E-state index in [-0.39, 0.29) is 18.0 Å². The molecule has 1 aliphatic carbocycles. The largest absolute Gasteiger partial charge is 0.462 e. The zero-order valence-corrected chi connectivity index (χ0v) is 11.8. The molecule has 4 nitrogen and oxygen atoms in total. The minimum atomic E-state index is -0.315. The number of rotatable bonds is 4. The average molecular weight is 353 g/mol. The molecule has 6 heteroatoms. The summed E-state index contributed by atoms with van der Waals surface area (Å²) in [7, 11) is 0. The number of ether oxygens (including phenoxy) is 1. The van der Waals surface area contributed by atoms with E-state index in [1.54, 1.807) is 6.92 Å². The van der Waals surface area contributed by atoms with Crippen LogP contribution in [0.5, 0.6) is 0 Å². The van der Waals surface area contributed by atoms with Crippen LogP contribution in [0.2, 0.25) is 0 Å². The molecule has 0 unspecified atom stereocenters. The van der Waals surface area contributed by atoms with E-state index in [1.807, 2.05) is 22.6 Å². The summed E-state index contributed by atoms with van der Waals surface area (Å²) in [5.41, 5.74) is -0.171. The molecule has 0 radical (unpaired) electrons. The molecule has 16 heavy (non-hydrogen) atoms. The van der Waals surface area contributed by atoms with Crippen LogP contribution in [0.4, 0.5) is 0 Å². The second-order valence-corrected chi connectivity index (χ2v) is 5.82. The van der Waals surface area contributed by atoms with Gasteiger partial charge in [0.15, 0.2) is 0 Å². The van der Waals surface area contributed by atoms with E-state index < -0.39 is 0 Å². The molecule has 1 aliphatic rings. The number of nitrogens with zero attached hydrogens (tertiary/aromatic N) is 1. The lowest BCUT2D eigenvalue weighted by atomic mass is 10.1. The third kappa shape index (κ3) is 2.10. The number of thiazole rings is 1. The van der Waals surface area contributed by atoms with Gasteiger partial charge in [0.25, 0.3) is 0 Å². The van der Waals surface area contributed by atoms with Crippen molar-refractivity contribution in [3.05, 3.63) is 13.6 Å². The molecule has 1 aromatic rings. The SMILES string of the molecule is CCOC(=O)c1sc(C2(CO)CC2)nc1I. The third-order valence-corrected chi connectivity index (χ3v) is 5.08. The third-order valence-electron chi connectivity index (χ3n) is 2.66. The van der Waals surface area contributed by atoms with Crippen molar-refractivity contribution in [2.24, 2.45) is 0 Å². The van der Waals surface area contributed by atoms with Gasteiger partial charge in [0.05, 0.1) is 13.2 Å². The second-order valence-electron chi connectivity index (χ2n) is 3.80. The maximum absolute atomic E-state index is 11.6. The molecule has 0 aromatic carbocycles. The molecule has 1 saturated carbocycles. The van der Waals surface area contributed by atoms with Gasteiger partial charge in [-0.1, -0.05) is 0 Å². The van der Waals surface area contributed by atoms with Crippen molar-refractivity contribution in [2.75, 3.05) is 13.2 Å². The fourth-order valence-electron chi connectivity index (χ4n) is 1.44. The highest BCUT2D eigenvalue weighted by Crippen LogP contribution is 2.49. The lowest BCUT2D eigenvalue weighted by Crippen LogP contribution is -2.11. The van der Waals surface area contributed by atoms with Crippen LogP contribution in [0.25, 0.3) is 0 Å². The highest BCUT2D eigenvalue weighted by Gasteiger charge is 2.47. The van der Waals surface area contributed by atoms with E-state index in [4.69, 9.17) is 4.74 Å². The Labute approximate surface area is 111 Å². The number of carbonyl (C=O) groups is 1.